The first kappa shape index (κ1) is 17.8. The fourth-order valence-corrected chi connectivity index (χ4v) is 3.91. The largest absolute Gasteiger partial charge is 0.361 e. The Balaban J connectivity index is 1.33. The van der Waals surface area contributed by atoms with Gasteiger partial charge in [0.1, 0.15) is 16.6 Å². The van der Waals surface area contributed by atoms with E-state index in [1.54, 1.807) is 41.4 Å². The highest BCUT2D eigenvalue weighted by Crippen LogP contribution is 2.23. The number of carbonyl (C=O) groups is 1. The molecule has 1 aliphatic heterocycles. The fraction of sp³-hybridized carbons (Fsp3) is 0.316. The van der Waals surface area contributed by atoms with Crippen molar-refractivity contribution >= 4 is 17.2 Å². The Morgan fingerprint density at radius 2 is 1.96 bits per heavy atom. The molecule has 4 rings (SSSR count). The van der Waals surface area contributed by atoms with Crippen LogP contribution in [0.3, 0.4) is 0 Å². The number of rotatable bonds is 4. The lowest BCUT2D eigenvalue weighted by Crippen LogP contribution is -2.48. The first-order valence-electron chi connectivity index (χ1n) is 8.74. The molecule has 8 heteroatoms. The van der Waals surface area contributed by atoms with Crippen LogP contribution in [-0.4, -0.2) is 52.0 Å². The van der Waals surface area contributed by atoms with Crippen LogP contribution in [0.1, 0.15) is 21.3 Å². The van der Waals surface area contributed by atoms with Crippen molar-refractivity contribution < 1.29 is 13.7 Å². The Morgan fingerprint density at radius 3 is 2.63 bits per heavy atom. The number of nitrogens with zero attached hydrogens (tertiary/aromatic N) is 4. The number of aryl methyl sites for hydroxylation is 1. The van der Waals surface area contributed by atoms with E-state index < -0.39 is 0 Å². The standard InChI is InChI=1S/C19H19FN4O2S/c1-13-10-16(22-26-13)19(25)24-8-6-23(7-9-24)11-18-21-17(12-27-18)14-2-4-15(20)5-3-14/h2-5,10,12H,6-9,11H2,1H3. The summed E-state index contributed by atoms with van der Waals surface area (Å²) in [5.74, 6) is 0.305. The van der Waals surface area contributed by atoms with Crippen molar-refractivity contribution in [1.29, 1.82) is 0 Å². The number of piperazine rings is 1. The number of hydrogen-bond donors (Lipinski definition) is 0. The SMILES string of the molecule is Cc1cc(C(=O)N2CCN(Cc3nc(-c4ccc(F)cc4)cs3)CC2)no1. The Kier molecular flexibility index (Phi) is 5.00. The molecule has 1 aliphatic rings. The van der Waals surface area contributed by atoms with Crippen molar-refractivity contribution in [3.63, 3.8) is 0 Å². The predicted molar refractivity (Wildman–Crippen MR) is 99.9 cm³/mol. The van der Waals surface area contributed by atoms with Crippen molar-refractivity contribution in [2.75, 3.05) is 26.2 Å². The topological polar surface area (TPSA) is 62.5 Å². The maximum absolute atomic E-state index is 13.1. The molecule has 0 N–H and O–H groups in total. The molecule has 1 aromatic carbocycles. The minimum absolute atomic E-state index is 0.0839. The number of hydrogen-bond acceptors (Lipinski definition) is 6. The summed E-state index contributed by atoms with van der Waals surface area (Å²) in [7, 11) is 0. The normalized spacial score (nSPS) is 15.3. The van der Waals surface area contributed by atoms with E-state index in [4.69, 9.17) is 4.52 Å². The summed E-state index contributed by atoms with van der Waals surface area (Å²) in [6.07, 6.45) is 0. The van der Waals surface area contributed by atoms with Gasteiger partial charge in [-0.3, -0.25) is 9.69 Å². The molecule has 6 nitrogen and oxygen atoms in total. The molecule has 0 aliphatic carbocycles. The number of halogens is 1. The van der Waals surface area contributed by atoms with Gasteiger partial charge >= 0.3 is 0 Å². The fourth-order valence-electron chi connectivity index (χ4n) is 3.07. The Labute approximate surface area is 160 Å². The van der Waals surface area contributed by atoms with Gasteiger partial charge < -0.3 is 9.42 Å². The number of aromatic nitrogens is 2. The predicted octanol–water partition coefficient (Wildman–Crippen LogP) is 3.20. The van der Waals surface area contributed by atoms with E-state index in [9.17, 15) is 9.18 Å². The monoisotopic (exact) mass is 386 g/mol. The van der Waals surface area contributed by atoms with E-state index >= 15 is 0 Å². The van der Waals surface area contributed by atoms with E-state index in [0.717, 1.165) is 35.9 Å². The van der Waals surface area contributed by atoms with Gasteiger partial charge in [-0.2, -0.15) is 0 Å². The highest BCUT2D eigenvalue weighted by molar-refractivity contribution is 7.09. The van der Waals surface area contributed by atoms with Crippen LogP contribution in [0.2, 0.25) is 0 Å². The zero-order valence-electron chi connectivity index (χ0n) is 14.9. The van der Waals surface area contributed by atoms with Gasteiger partial charge in [0.25, 0.3) is 5.91 Å². The van der Waals surface area contributed by atoms with Crippen molar-refractivity contribution in [2.24, 2.45) is 0 Å². The van der Waals surface area contributed by atoms with E-state index in [0.29, 0.717) is 24.5 Å². The average Bonchev–Trinajstić information content (AvgIpc) is 3.32. The Hall–Kier alpha value is -2.58. The van der Waals surface area contributed by atoms with Crippen molar-refractivity contribution in [3.8, 4) is 11.3 Å². The number of amides is 1. The zero-order chi connectivity index (χ0) is 18.8. The maximum Gasteiger partial charge on any atom is 0.276 e. The van der Waals surface area contributed by atoms with Crippen LogP contribution in [0.25, 0.3) is 11.3 Å². The second kappa shape index (κ2) is 7.58. The van der Waals surface area contributed by atoms with Crippen LogP contribution in [0, 0.1) is 12.7 Å². The van der Waals surface area contributed by atoms with Gasteiger partial charge in [-0.15, -0.1) is 11.3 Å². The molecular weight excluding hydrogens is 367 g/mol. The van der Waals surface area contributed by atoms with E-state index in [1.807, 2.05) is 5.38 Å². The van der Waals surface area contributed by atoms with Crippen LogP contribution >= 0.6 is 11.3 Å². The van der Waals surface area contributed by atoms with Crippen LogP contribution < -0.4 is 0 Å². The molecule has 3 aromatic rings. The molecule has 1 saturated heterocycles. The van der Waals surface area contributed by atoms with Crippen LogP contribution in [-0.2, 0) is 6.54 Å². The lowest BCUT2D eigenvalue weighted by Gasteiger charge is -2.33. The minimum Gasteiger partial charge on any atom is -0.361 e. The summed E-state index contributed by atoms with van der Waals surface area (Å²) in [6, 6.07) is 8.04. The van der Waals surface area contributed by atoms with Crippen LogP contribution in [0.5, 0.6) is 0 Å². The highest BCUT2D eigenvalue weighted by Gasteiger charge is 2.24. The van der Waals surface area contributed by atoms with Gasteiger partial charge in [0.05, 0.1) is 12.2 Å². The molecule has 2 aromatic heterocycles. The number of carbonyl (C=O) groups excluding carboxylic acids is 1. The highest BCUT2D eigenvalue weighted by atomic mass is 32.1. The summed E-state index contributed by atoms with van der Waals surface area (Å²) in [6.45, 7) is 5.40. The Bertz CT molecular complexity index is 929. The van der Waals surface area contributed by atoms with Crippen LogP contribution in [0.4, 0.5) is 4.39 Å². The second-order valence-electron chi connectivity index (χ2n) is 6.52. The van der Waals surface area contributed by atoms with E-state index in [2.05, 4.69) is 15.0 Å². The second-order valence-corrected chi connectivity index (χ2v) is 7.47. The van der Waals surface area contributed by atoms with E-state index in [-0.39, 0.29) is 11.7 Å². The minimum atomic E-state index is -0.248. The van der Waals surface area contributed by atoms with Crippen molar-refractivity contribution in [2.45, 2.75) is 13.5 Å². The molecule has 0 bridgehead atoms. The molecule has 0 radical (unpaired) electrons. The van der Waals surface area contributed by atoms with Crippen molar-refractivity contribution in [3.05, 3.63) is 58.0 Å². The van der Waals surface area contributed by atoms with Gasteiger partial charge in [0, 0.05) is 43.2 Å². The van der Waals surface area contributed by atoms with Crippen LogP contribution in [0.15, 0.2) is 40.2 Å². The lowest BCUT2D eigenvalue weighted by molar-refractivity contribution is 0.0618. The molecule has 0 saturated carbocycles. The summed E-state index contributed by atoms with van der Waals surface area (Å²) < 4.78 is 18.0. The smallest absolute Gasteiger partial charge is 0.276 e. The van der Waals surface area contributed by atoms with E-state index in [1.165, 1.54) is 12.1 Å². The quantitative estimate of drug-likeness (QED) is 0.689. The van der Waals surface area contributed by atoms with Gasteiger partial charge in [-0.05, 0) is 31.2 Å². The van der Waals surface area contributed by atoms with Gasteiger partial charge in [-0.1, -0.05) is 5.16 Å². The summed E-state index contributed by atoms with van der Waals surface area (Å²) in [5, 5.41) is 6.81. The molecule has 27 heavy (non-hydrogen) atoms. The molecule has 3 heterocycles. The lowest BCUT2D eigenvalue weighted by atomic mass is 10.2. The van der Waals surface area contributed by atoms with Gasteiger partial charge in [-0.25, -0.2) is 9.37 Å². The molecule has 1 fully saturated rings. The average molecular weight is 386 g/mol. The molecule has 0 spiro atoms. The first-order valence-corrected chi connectivity index (χ1v) is 9.62. The molecule has 140 valence electrons. The third-order valence-corrected chi connectivity index (χ3v) is 5.39. The Morgan fingerprint density at radius 1 is 1.22 bits per heavy atom. The third kappa shape index (κ3) is 4.06. The molecule has 0 unspecified atom stereocenters. The molecule has 1 amide bonds. The number of benzene rings is 1. The first-order chi connectivity index (χ1) is 13.1. The summed E-state index contributed by atoms with van der Waals surface area (Å²) in [4.78, 5) is 21.2. The van der Waals surface area contributed by atoms with Gasteiger partial charge in [0.15, 0.2) is 5.69 Å². The van der Waals surface area contributed by atoms with Gasteiger partial charge in [0.2, 0.25) is 0 Å². The summed E-state index contributed by atoms with van der Waals surface area (Å²) >= 11 is 1.60. The number of thiazole rings is 1. The summed E-state index contributed by atoms with van der Waals surface area (Å²) in [5.41, 5.74) is 2.15. The molecule has 0 atom stereocenters. The maximum atomic E-state index is 13.1. The third-order valence-electron chi connectivity index (χ3n) is 4.56. The zero-order valence-corrected chi connectivity index (χ0v) is 15.7. The van der Waals surface area contributed by atoms with Crippen molar-refractivity contribution in [1.82, 2.24) is 19.9 Å². The molecular formula is C19H19FN4O2S.